The lowest BCUT2D eigenvalue weighted by Gasteiger charge is -2.17. The molecule has 0 heterocycles. The first kappa shape index (κ1) is 18.7. The van der Waals surface area contributed by atoms with E-state index >= 15 is 0 Å². The highest BCUT2D eigenvalue weighted by molar-refractivity contribution is 6.21. The lowest BCUT2D eigenvalue weighted by molar-refractivity contribution is -0.132. The van der Waals surface area contributed by atoms with Gasteiger partial charge in [-0.1, -0.05) is 6.08 Å². The summed E-state index contributed by atoms with van der Waals surface area (Å²) in [7, 11) is 1.38. The molecule has 118 valence electrons. The maximum absolute atomic E-state index is 12.8. The molecule has 0 radical (unpaired) electrons. The van der Waals surface area contributed by atoms with Crippen molar-refractivity contribution in [2.75, 3.05) is 7.05 Å². The molecule has 0 saturated heterocycles. The lowest BCUT2D eigenvalue weighted by atomic mass is 9.92. The molecule has 0 aliphatic carbocycles. The minimum atomic E-state index is -4.99. The Bertz CT molecular complexity index is 506. The second-order valence-electron chi connectivity index (χ2n) is 4.48. The molecule has 0 aromatic carbocycles. The van der Waals surface area contributed by atoms with Gasteiger partial charge in [-0.15, -0.1) is 0 Å². The number of nitrogens with one attached hydrogen (secondary N) is 1. The number of carbonyl (C=O) groups excluding carboxylic acids is 1. The number of halogens is 3. The van der Waals surface area contributed by atoms with Crippen LogP contribution in [0.15, 0.2) is 29.0 Å². The molecule has 0 aromatic rings. The van der Waals surface area contributed by atoms with Crippen LogP contribution in [0, 0.1) is 5.41 Å². The Morgan fingerprint density at radius 2 is 1.81 bits per heavy atom. The number of hydrogen-bond donors (Lipinski definition) is 3. The zero-order valence-electron chi connectivity index (χ0n) is 11.7. The van der Waals surface area contributed by atoms with E-state index in [1.165, 1.54) is 20.9 Å². The standard InChI is InChI=1S/C12H16F3N3O3/c1-11(2,10(21)17-3)4-5-18-8(12(13,14)15)7(6-16)9(19)20/h4-6H,16H2,1-3H3,(H,17,21)(H,19,20)/b5-4+,7-6+,18-8-. The number of nitrogens with zero attached hydrogens (tertiary/aromatic N) is 1. The molecule has 0 fully saturated rings. The van der Waals surface area contributed by atoms with Gasteiger partial charge in [0.25, 0.3) is 0 Å². The Kier molecular flexibility index (Phi) is 6.15. The molecule has 9 heteroatoms. The second kappa shape index (κ2) is 6.91. The van der Waals surface area contributed by atoms with E-state index < -0.39 is 34.8 Å². The monoisotopic (exact) mass is 307 g/mol. The van der Waals surface area contributed by atoms with E-state index in [0.29, 0.717) is 6.20 Å². The number of carbonyl (C=O) groups is 2. The maximum atomic E-state index is 12.8. The highest BCUT2D eigenvalue weighted by Crippen LogP contribution is 2.23. The normalized spacial score (nSPS) is 14.4. The first-order valence-corrected chi connectivity index (χ1v) is 5.67. The zero-order valence-corrected chi connectivity index (χ0v) is 11.7. The van der Waals surface area contributed by atoms with Gasteiger partial charge < -0.3 is 16.2 Å². The van der Waals surface area contributed by atoms with Crippen molar-refractivity contribution in [3.05, 3.63) is 24.0 Å². The topological polar surface area (TPSA) is 105 Å². The summed E-state index contributed by atoms with van der Waals surface area (Å²) in [5.41, 5.74) is 0.953. The molecule has 0 atom stereocenters. The third-order valence-electron chi connectivity index (χ3n) is 2.43. The number of hydrogen-bond acceptors (Lipinski definition) is 4. The molecule has 1 amide bonds. The molecule has 0 bridgehead atoms. The number of carboxylic acids is 1. The third-order valence-corrected chi connectivity index (χ3v) is 2.43. The average Bonchev–Trinajstić information content (AvgIpc) is 2.34. The Morgan fingerprint density at radius 3 is 2.14 bits per heavy atom. The third kappa shape index (κ3) is 5.28. The van der Waals surface area contributed by atoms with Gasteiger partial charge in [0.05, 0.1) is 5.41 Å². The molecule has 0 rings (SSSR count). The van der Waals surface area contributed by atoms with Gasteiger partial charge in [0.2, 0.25) is 5.91 Å². The molecule has 21 heavy (non-hydrogen) atoms. The van der Waals surface area contributed by atoms with Crippen molar-refractivity contribution in [1.29, 1.82) is 0 Å². The highest BCUT2D eigenvalue weighted by Gasteiger charge is 2.40. The second-order valence-corrected chi connectivity index (χ2v) is 4.48. The van der Waals surface area contributed by atoms with E-state index in [9.17, 15) is 22.8 Å². The van der Waals surface area contributed by atoms with Crippen LogP contribution in [0.3, 0.4) is 0 Å². The molecule has 0 aliphatic rings. The first-order valence-electron chi connectivity index (χ1n) is 5.67. The van der Waals surface area contributed by atoms with Crippen LogP contribution in [-0.4, -0.2) is 35.9 Å². The number of nitrogens with two attached hydrogens (primary N) is 1. The summed E-state index contributed by atoms with van der Waals surface area (Å²) >= 11 is 0. The van der Waals surface area contributed by atoms with Crippen LogP contribution in [0.25, 0.3) is 0 Å². The van der Waals surface area contributed by atoms with E-state index in [1.54, 1.807) is 0 Å². The van der Waals surface area contributed by atoms with Gasteiger partial charge in [0.1, 0.15) is 5.57 Å². The summed E-state index contributed by atoms with van der Waals surface area (Å²) in [4.78, 5) is 25.3. The molecule has 4 N–H and O–H groups in total. The minimum Gasteiger partial charge on any atom is -0.478 e. The summed E-state index contributed by atoms with van der Waals surface area (Å²) in [6.45, 7) is 2.92. The van der Waals surface area contributed by atoms with Crippen molar-refractivity contribution in [1.82, 2.24) is 5.32 Å². The Morgan fingerprint density at radius 1 is 1.29 bits per heavy atom. The molecule has 0 aliphatic heterocycles. The van der Waals surface area contributed by atoms with Crippen molar-refractivity contribution in [3.8, 4) is 0 Å². The summed E-state index contributed by atoms with van der Waals surface area (Å²) in [6.07, 6.45) is -2.84. The lowest BCUT2D eigenvalue weighted by Crippen LogP contribution is -2.33. The van der Waals surface area contributed by atoms with E-state index in [-0.39, 0.29) is 0 Å². The largest absolute Gasteiger partial charge is 0.478 e. The molecule has 6 nitrogen and oxygen atoms in total. The summed E-state index contributed by atoms with van der Waals surface area (Å²) in [6, 6.07) is 0. The number of rotatable bonds is 5. The van der Waals surface area contributed by atoms with Gasteiger partial charge in [0.15, 0.2) is 5.71 Å². The molecule has 0 aromatic heterocycles. The van der Waals surface area contributed by atoms with Gasteiger partial charge in [-0.3, -0.25) is 9.79 Å². The summed E-state index contributed by atoms with van der Waals surface area (Å²) in [5, 5.41) is 11.0. The number of carboxylic acid groups (broad SMARTS) is 1. The highest BCUT2D eigenvalue weighted by atomic mass is 19.4. The molecule has 0 spiro atoms. The summed E-state index contributed by atoms with van der Waals surface area (Å²) in [5.74, 6) is -2.29. The van der Waals surface area contributed by atoms with Gasteiger partial charge in [0, 0.05) is 19.4 Å². The summed E-state index contributed by atoms with van der Waals surface area (Å²) < 4.78 is 38.3. The van der Waals surface area contributed by atoms with Gasteiger partial charge in [-0.2, -0.15) is 13.2 Å². The van der Waals surface area contributed by atoms with Crippen LogP contribution in [0.2, 0.25) is 0 Å². The van der Waals surface area contributed by atoms with Crippen LogP contribution in [0.4, 0.5) is 13.2 Å². The quantitative estimate of drug-likeness (QED) is 0.524. The van der Waals surface area contributed by atoms with Crippen molar-refractivity contribution < 1.29 is 27.9 Å². The molecular weight excluding hydrogens is 291 g/mol. The van der Waals surface area contributed by atoms with Crippen molar-refractivity contribution in [2.45, 2.75) is 20.0 Å². The van der Waals surface area contributed by atoms with Crippen LogP contribution in [0.1, 0.15) is 13.8 Å². The van der Waals surface area contributed by atoms with E-state index in [4.69, 9.17) is 10.8 Å². The number of aliphatic imine (C=N–C) groups is 1. The van der Waals surface area contributed by atoms with Crippen LogP contribution < -0.4 is 11.1 Å². The van der Waals surface area contributed by atoms with Crippen LogP contribution in [0.5, 0.6) is 0 Å². The Hall–Kier alpha value is -2.32. The fourth-order valence-corrected chi connectivity index (χ4v) is 1.24. The zero-order chi connectivity index (χ0) is 16.8. The number of aliphatic carboxylic acids is 1. The van der Waals surface area contributed by atoms with Crippen molar-refractivity contribution in [2.24, 2.45) is 16.1 Å². The fourth-order valence-electron chi connectivity index (χ4n) is 1.24. The number of amides is 1. The average molecular weight is 307 g/mol. The SMILES string of the molecule is CNC(=O)C(C)(C)/C=C/N=C(/C(=C\N)C(=O)O)C(F)(F)F. The predicted molar refractivity (Wildman–Crippen MR) is 70.4 cm³/mol. The van der Waals surface area contributed by atoms with Crippen molar-refractivity contribution >= 4 is 17.6 Å². The van der Waals surface area contributed by atoms with Crippen LogP contribution >= 0.6 is 0 Å². The molecular formula is C12H16F3N3O3. The number of alkyl halides is 3. The Balaban J connectivity index is 5.60. The van der Waals surface area contributed by atoms with Gasteiger partial charge >= 0.3 is 12.1 Å². The van der Waals surface area contributed by atoms with Gasteiger partial charge in [-0.25, -0.2) is 4.79 Å². The predicted octanol–water partition coefficient (Wildman–Crippen LogP) is 1.20. The van der Waals surface area contributed by atoms with Crippen molar-refractivity contribution in [3.63, 3.8) is 0 Å². The smallest absolute Gasteiger partial charge is 0.434 e. The van der Waals surface area contributed by atoms with E-state index in [2.05, 4.69) is 10.3 Å². The minimum absolute atomic E-state index is 0.312. The van der Waals surface area contributed by atoms with Crippen LogP contribution in [-0.2, 0) is 9.59 Å². The Labute approximate surface area is 119 Å². The van der Waals surface area contributed by atoms with Gasteiger partial charge in [-0.05, 0) is 13.8 Å². The van der Waals surface area contributed by atoms with E-state index in [1.807, 2.05) is 0 Å². The molecule has 0 saturated carbocycles. The fraction of sp³-hybridized carbons (Fsp3) is 0.417. The first-order chi connectivity index (χ1) is 9.47. The van der Waals surface area contributed by atoms with E-state index in [0.717, 1.165) is 12.3 Å². The maximum Gasteiger partial charge on any atom is 0.434 e. The molecule has 0 unspecified atom stereocenters.